The Kier molecular flexibility index (Phi) is 3.76. The van der Waals surface area contributed by atoms with Crippen LogP contribution in [0.5, 0.6) is 0 Å². The van der Waals surface area contributed by atoms with Crippen molar-refractivity contribution in [2.45, 2.75) is 25.7 Å². The summed E-state index contributed by atoms with van der Waals surface area (Å²) in [5, 5.41) is 0. The summed E-state index contributed by atoms with van der Waals surface area (Å²) >= 11 is 0. The molecule has 2 N–H and O–H groups in total. The molecule has 1 aromatic carbocycles. The van der Waals surface area contributed by atoms with Crippen LogP contribution in [0.4, 0.5) is 0 Å². The molecule has 0 heterocycles. The topological polar surface area (TPSA) is 29.3 Å². The summed E-state index contributed by atoms with van der Waals surface area (Å²) in [7, 11) is 0. The van der Waals surface area contributed by atoms with Gasteiger partial charge in [0.2, 0.25) is 0 Å². The van der Waals surface area contributed by atoms with Crippen LogP contribution in [0.3, 0.4) is 0 Å². The number of nitrogens with zero attached hydrogens (tertiary/aromatic N) is 1. The standard InChI is InChI=1S/C16H24N2/c1-4-18(5-2)13(3)16(11-15(16)12-17)14-9-7-6-8-10-14/h6-10,15H,3-5,11-12,17H2,1-2H3. The lowest BCUT2D eigenvalue weighted by atomic mass is 9.89. The summed E-state index contributed by atoms with van der Waals surface area (Å²) in [6, 6.07) is 10.7. The smallest absolute Gasteiger partial charge is 0.0390 e. The first kappa shape index (κ1) is 13.2. The first-order valence-electron chi connectivity index (χ1n) is 6.90. The molecule has 2 heteroatoms. The van der Waals surface area contributed by atoms with Crippen LogP contribution in [0.15, 0.2) is 42.6 Å². The molecule has 1 aliphatic rings. The van der Waals surface area contributed by atoms with E-state index in [1.54, 1.807) is 0 Å². The van der Waals surface area contributed by atoms with Crippen LogP contribution in [0, 0.1) is 5.92 Å². The molecule has 1 saturated carbocycles. The molecule has 0 bridgehead atoms. The lowest BCUT2D eigenvalue weighted by molar-refractivity contribution is 0.344. The van der Waals surface area contributed by atoms with Crippen LogP contribution in [0.1, 0.15) is 25.8 Å². The zero-order chi connectivity index (χ0) is 13.2. The van der Waals surface area contributed by atoms with Gasteiger partial charge in [-0.05, 0) is 38.3 Å². The maximum atomic E-state index is 5.91. The minimum atomic E-state index is 0.0992. The van der Waals surface area contributed by atoms with Gasteiger partial charge in [-0.2, -0.15) is 0 Å². The van der Waals surface area contributed by atoms with Crippen molar-refractivity contribution in [2.24, 2.45) is 11.7 Å². The van der Waals surface area contributed by atoms with Gasteiger partial charge in [0.15, 0.2) is 0 Å². The van der Waals surface area contributed by atoms with Crippen molar-refractivity contribution < 1.29 is 0 Å². The molecule has 2 unspecified atom stereocenters. The first-order chi connectivity index (χ1) is 8.70. The van der Waals surface area contributed by atoms with E-state index in [0.717, 1.165) is 26.1 Å². The Balaban J connectivity index is 2.32. The van der Waals surface area contributed by atoms with Crippen LogP contribution in [0.2, 0.25) is 0 Å². The Morgan fingerprint density at radius 1 is 1.33 bits per heavy atom. The molecule has 0 radical (unpaired) electrons. The van der Waals surface area contributed by atoms with Crippen molar-refractivity contribution in [1.82, 2.24) is 4.90 Å². The Hall–Kier alpha value is -1.28. The Morgan fingerprint density at radius 2 is 1.94 bits per heavy atom. The highest BCUT2D eigenvalue weighted by atomic mass is 15.1. The van der Waals surface area contributed by atoms with E-state index in [9.17, 15) is 0 Å². The highest BCUT2D eigenvalue weighted by Crippen LogP contribution is 2.58. The van der Waals surface area contributed by atoms with E-state index < -0.39 is 0 Å². The van der Waals surface area contributed by atoms with Crippen molar-refractivity contribution in [3.8, 4) is 0 Å². The van der Waals surface area contributed by atoms with Gasteiger partial charge in [-0.15, -0.1) is 0 Å². The molecule has 98 valence electrons. The van der Waals surface area contributed by atoms with Gasteiger partial charge in [-0.3, -0.25) is 0 Å². The van der Waals surface area contributed by atoms with E-state index in [2.05, 4.69) is 55.7 Å². The number of benzene rings is 1. The van der Waals surface area contributed by atoms with Gasteiger partial charge in [0.05, 0.1) is 0 Å². The average Bonchev–Trinajstić information content (AvgIpc) is 3.17. The van der Waals surface area contributed by atoms with Crippen molar-refractivity contribution in [3.63, 3.8) is 0 Å². The molecule has 1 aromatic rings. The molecule has 1 aliphatic carbocycles. The van der Waals surface area contributed by atoms with Gasteiger partial charge in [0.1, 0.15) is 0 Å². The van der Waals surface area contributed by atoms with Gasteiger partial charge >= 0.3 is 0 Å². The molecule has 18 heavy (non-hydrogen) atoms. The largest absolute Gasteiger partial charge is 0.375 e. The normalized spacial score (nSPS) is 25.8. The zero-order valence-electron chi connectivity index (χ0n) is 11.5. The van der Waals surface area contributed by atoms with E-state index in [-0.39, 0.29) is 5.41 Å². The van der Waals surface area contributed by atoms with Gasteiger partial charge in [-0.25, -0.2) is 0 Å². The van der Waals surface area contributed by atoms with E-state index in [1.807, 2.05) is 0 Å². The van der Waals surface area contributed by atoms with Crippen molar-refractivity contribution in [1.29, 1.82) is 0 Å². The molecule has 0 spiro atoms. The molecule has 2 rings (SSSR count). The second-order valence-electron chi connectivity index (χ2n) is 5.09. The van der Waals surface area contributed by atoms with Crippen LogP contribution >= 0.6 is 0 Å². The minimum absolute atomic E-state index is 0.0992. The van der Waals surface area contributed by atoms with Crippen molar-refractivity contribution in [2.75, 3.05) is 19.6 Å². The van der Waals surface area contributed by atoms with E-state index in [4.69, 9.17) is 5.73 Å². The summed E-state index contributed by atoms with van der Waals surface area (Å²) in [6.07, 6.45) is 1.14. The summed E-state index contributed by atoms with van der Waals surface area (Å²) in [5.41, 5.74) is 8.62. The molecule has 1 fully saturated rings. The lowest BCUT2D eigenvalue weighted by Crippen LogP contribution is -2.31. The molecule has 2 atom stereocenters. The SMILES string of the molecule is C=C(N(CC)CC)C1(c2ccccc2)CC1CN. The van der Waals surface area contributed by atoms with E-state index in [0.29, 0.717) is 5.92 Å². The molecule has 0 amide bonds. The predicted octanol–water partition coefficient (Wildman–Crippen LogP) is 2.76. The minimum Gasteiger partial charge on any atom is -0.375 e. The van der Waals surface area contributed by atoms with Gasteiger partial charge in [0.25, 0.3) is 0 Å². The van der Waals surface area contributed by atoms with Crippen LogP contribution < -0.4 is 5.73 Å². The fourth-order valence-corrected chi connectivity index (χ4v) is 3.11. The highest BCUT2D eigenvalue weighted by molar-refractivity contribution is 5.43. The predicted molar refractivity (Wildman–Crippen MR) is 77.3 cm³/mol. The van der Waals surface area contributed by atoms with Gasteiger partial charge in [0, 0.05) is 24.2 Å². The Labute approximate surface area is 110 Å². The van der Waals surface area contributed by atoms with Crippen LogP contribution in [-0.2, 0) is 5.41 Å². The molecule has 0 aliphatic heterocycles. The second-order valence-corrected chi connectivity index (χ2v) is 5.09. The number of allylic oxidation sites excluding steroid dienone is 1. The molecular formula is C16H24N2. The maximum Gasteiger partial charge on any atom is 0.0390 e. The monoisotopic (exact) mass is 244 g/mol. The third-order valence-corrected chi connectivity index (χ3v) is 4.34. The summed E-state index contributed by atoms with van der Waals surface area (Å²) in [4.78, 5) is 2.36. The van der Waals surface area contributed by atoms with E-state index >= 15 is 0 Å². The summed E-state index contributed by atoms with van der Waals surface area (Å²) in [5.74, 6) is 0.549. The molecular weight excluding hydrogens is 220 g/mol. The molecule has 0 saturated heterocycles. The molecule has 2 nitrogen and oxygen atoms in total. The number of likely N-dealkylation sites (N-methyl/N-ethyl adjacent to an activating group) is 1. The quantitative estimate of drug-likeness (QED) is 0.833. The first-order valence-corrected chi connectivity index (χ1v) is 6.90. The average molecular weight is 244 g/mol. The fraction of sp³-hybridized carbons (Fsp3) is 0.500. The van der Waals surface area contributed by atoms with Gasteiger partial charge in [-0.1, -0.05) is 36.9 Å². The highest BCUT2D eigenvalue weighted by Gasteiger charge is 2.57. The number of hydrogen-bond acceptors (Lipinski definition) is 2. The van der Waals surface area contributed by atoms with Crippen molar-refractivity contribution >= 4 is 0 Å². The second kappa shape index (κ2) is 5.15. The van der Waals surface area contributed by atoms with Gasteiger partial charge < -0.3 is 10.6 Å². The third-order valence-electron chi connectivity index (χ3n) is 4.34. The fourth-order valence-electron chi connectivity index (χ4n) is 3.11. The van der Waals surface area contributed by atoms with E-state index in [1.165, 1.54) is 11.3 Å². The van der Waals surface area contributed by atoms with Crippen LogP contribution in [0.25, 0.3) is 0 Å². The number of rotatable bonds is 6. The van der Waals surface area contributed by atoms with Crippen LogP contribution in [-0.4, -0.2) is 24.5 Å². The Bertz CT molecular complexity index is 408. The summed E-state index contributed by atoms with van der Waals surface area (Å²) in [6.45, 7) is 11.5. The van der Waals surface area contributed by atoms with Crippen molar-refractivity contribution in [3.05, 3.63) is 48.2 Å². The maximum absolute atomic E-state index is 5.91. The zero-order valence-corrected chi connectivity index (χ0v) is 11.5. The third kappa shape index (κ3) is 1.95. The lowest BCUT2D eigenvalue weighted by Gasteiger charge is -2.31. The molecule has 0 aromatic heterocycles. The Morgan fingerprint density at radius 3 is 2.39 bits per heavy atom. The number of nitrogens with two attached hydrogens (primary N) is 1. The summed E-state index contributed by atoms with van der Waals surface area (Å²) < 4.78 is 0. The number of hydrogen-bond donors (Lipinski definition) is 1.